The maximum atomic E-state index is 13.1. The highest BCUT2D eigenvalue weighted by Gasteiger charge is 2.47. The predicted molar refractivity (Wildman–Crippen MR) is 100 cm³/mol. The molecular weight excluding hydrogens is 330 g/mol. The molecule has 1 fully saturated rings. The Kier molecular flexibility index (Phi) is 3.91. The summed E-state index contributed by atoms with van der Waals surface area (Å²) in [7, 11) is -3.52. The summed E-state index contributed by atoms with van der Waals surface area (Å²) in [6.45, 7) is 6.37. The molecule has 0 unspecified atom stereocenters. The smallest absolute Gasteiger partial charge is 0.246 e. The van der Waals surface area contributed by atoms with Crippen LogP contribution in [0.2, 0.25) is 0 Å². The van der Waals surface area contributed by atoms with Gasteiger partial charge >= 0.3 is 0 Å². The fourth-order valence-corrected chi connectivity index (χ4v) is 6.58. The van der Waals surface area contributed by atoms with Gasteiger partial charge in [-0.2, -0.15) is 0 Å². The first-order valence-electron chi connectivity index (χ1n) is 9.12. The van der Waals surface area contributed by atoms with Crippen molar-refractivity contribution in [1.82, 2.24) is 3.97 Å². The lowest BCUT2D eigenvalue weighted by molar-refractivity contribution is 0.133. The van der Waals surface area contributed by atoms with E-state index in [2.05, 4.69) is 19.6 Å². The van der Waals surface area contributed by atoms with E-state index in [9.17, 15) is 8.42 Å². The van der Waals surface area contributed by atoms with Gasteiger partial charge in [-0.1, -0.05) is 37.6 Å². The molecule has 0 spiro atoms. The van der Waals surface area contributed by atoms with Gasteiger partial charge < -0.3 is 0 Å². The minimum atomic E-state index is -3.52. The van der Waals surface area contributed by atoms with Gasteiger partial charge in [-0.15, -0.1) is 6.58 Å². The number of hydrogen-bond donors (Lipinski definition) is 0. The Labute approximate surface area is 150 Å². The van der Waals surface area contributed by atoms with Crippen molar-refractivity contribution in [3.05, 3.63) is 66.5 Å². The molecule has 3 atom stereocenters. The average Bonchev–Trinajstić information content (AvgIpc) is 3.07. The molecule has 0 radical (unpaired) electrons. The minimum Gasteiger partial charge on any atom is -0.246 e. The summed E-state index contributed by atoms with van der Waals surface area (Å²) in [6, 6.07) is 10.8. The average molecular weight is 356 g/mol. The van der Waals surface area contributed by atoms with Crippen molar-refractivity contribution in [2.45, 2.75) is 49.3 Å². The van der Waals surface area contributed by atoms with Crippen LogP contribution in [0, 0.1) is 11.8 Å². The summed E-state index contributed by atoms with van der Waals surface area (Å²) in [4.78, 5) is 0.355. The van der Waals surface area contributed by atoms with Gasteiger partial charge in [-0.25, -0.2) is 12.4 Å². The molecule has 0 N–H and O–H groups in total. The molecule has 4 heteroatoms. The van der Waals surface area contributed by atoms with Crippen LogP contribution in [-0.4, -0.2) is 12.4 Å². The lowest BCUT2D eigenvalue weighted by atomic mass is 9.56. The van der Waals surface area contributed by atoms with Crippen LogP contribution in [0.5, 0.6) is 0 Å². The van der Waals surface area contributed by atoms with Gasteiger partial charge in [0, 0.05) is 11.9 Å². The quantitative estimate of drug-likeness (QED) is 0.759. The van der Waals surface area contributed by atoms with Crippen LogP contribution in [0.3, 0.4) is 0 Å². The Morgan fingerprint density at radius 2 is 1.96 bits per heavy atom. The third kappa shape index (κ3) is 2.42. The molecule has 2 aliphatic carbocycles. The molecule has 4 rings (SSSR count). The highest BCUT2D eigenvalue weighted by molar-refractivity contribution is 7.90. The zero-order valence-corrected chi connectivity index (χ0v) is 15.5. The van der Waals surface area contributed by atoms with Crippen LogP contribution < -0.4 is 0 Å². The van der Waals surface area contributed by atoms with Gasteiger partial charge in [0.15, 0.2) is 0 Å². The van der Waals surface area contributed by atoms with E-state index in [1.807, 2.05) is 12.1 Å². The summed E-state index contributed by atoms with van der Waals surface area (Å²) in [5.74, 6) is 1.11. The second-order valence-corrected chi connectivity index (χ2v) is 9.46. The number of rotatable bonds is 3. The second kappa shape index (κ2) is 5.87. The molecule has 1 heterocycles. The molecule has 1 saturated carbocycles. The first-order valence-corrected chi connectivity index (χ1v) is 10.6. The monoisotopic (exact) mass is 355 g/mol. The zero-order valence-electron chi connectivity index (χ0n) is 14.7. The van der Waals surface area contributed by atoms with Gasteiger partial charge in [-0.3, -0.25) is 0 Å². The topological polar surface area (TPSA) is 39.1 Å². The molecular formula is C21H25NO2S. The van der Waals surface area contributed by atoms with Gasteiger partial charge in [0.25, 0.3) is 10.0 Å². The molecule has 25 heavy (non-hydrogen) atoms. The molecule has 132 valence electrons. The van der Waals surface area contributed by atoms with E-state index in [1.165, 1.54) is 22.4 Å². The van der Waals surface area contributed by atoms with E-state index in [0.717, 1.165) is 25.0 Å². The highest BCUT2D eigenvalue weighted by atomic mass is 32.2. The second-order valence-electron chi connectivity index (χ2n) is 7.64. The number of nitrogens with zero attached hydrogens (tertiary/aromatic N) is 1. The van der Waals surface area contributed by atoms with Crippen molar-refractivity contribution >= 4 is 10.0 Å². The zero-order chi connectivity index (χ0) is 17.7. The molecule has 1 aromatic heterocycles. The Balaban J connectivity index is 1.81. The number of hydrogen-bond acceptors (Lipinski definition) is 2. The van der Waals surface area contributed by atoms with E-state index in [-0.39, 0.29) is 5.41 Å². The minimum absolute atomic E-state index is 0.0577. The van der Waals surface area contributed by atoms with Crippen LogP contribution in [-0.2, 0) is 21.9 Å². The molecule has 2 aromatic rings. The third-order valence-corrected chi connectivity index (χ3v) is 8.16. The first-order chi connectivity index (χ1) is 12.0. The summed E-state index contributed by atoms with van der Waals surface area (Å²) in [6.07, 6.45) is 9.25. The summed E-state index contributed by atoms with van der Waals surface area (Å²) >= 11 is 0. The number of benzene rings is 1. The number of aromatic nitrogens is 1. The summed E-state index contributed by atoms with van der Waals surface area (Å²) in [5, 5.41) is 0. The van der Waals surface area contributed by atoms with Crippen molar-refractivity contribution in [1.29, 1.82) is 0 Å². The van der Waals surface area contributed by atoms with Gasteiger partial charge in [0.2, 0.25) is 0 Å². The molecule has 0 aliphatic heterocycles. The normalized spacial score (nSPS) is 28.8. The van der Waals surface area contributed by atoms with E-state index in [0.29, 0.717) is 16.7 Å². The van der Waals surface area contributed by atoms with Crippen molar-refractivity contribution in [3.63, 3.8) is 0 Å². The number of fused-ring (bicyclic) bond motifs is 3. The Bertz CT molecular complexity index is 897. The Morgan fingerprint density at radius 3 is 2.68 bits per heavy atom. The maximum Gasteiger partial charge on any atom is 0.267 e. The molecule has 1 aromatic carbocycles. The standard InChI is InChI=1S/C21H25NO2S/c1-3-16-8-7-14-21(2)18(16)11-12-20-19(21)13-15-22(20)25(23,24)17-9-5-4-6-10-17/h3-6,9-10,13,15-16,18H,1,7-8,11-12,14H2,2H3/t16-,18+,21+/m1/s1. The fraction of sp³-hybridized carbons (Fsp3) is 0.429. The maximum absolute atomic E-state index is 13.1. The van der Waals surface area contributed by atoms with Crippen LogP contribution in [0.1, 0.15) is 43.9 Å². The molecule has 0 bridgehead atoms. The largest absolute Gasteiger partial charge is 0.267 e. The van der Waals surface area contributed by atoms with Crippen LogP contribution in [0.4, 0.5) is 0 Å². The molecule has 3 nitrogen and oxygen atoms in total. The number of allylic oxidation sites excluding steroid dienone is 1. The van der Waals surface area contributed by atoms with Crippen LogP contribution >= 0.6 is 0 Å². The highest BCUT2D eigenvalue weighted by Crippen LogP contribution is 2.52. The first kappa shape index (κ1) is 16.6. The lowest BCUT2D eigenvalue weighted by Gasteiger charge is -2.48. The molecule has 2 aliphatic rings. The summed E-state index contributed by atoms with van der Waals surface area (Å²) in [5.41, 5.74) is 2.27. The van der Waals surface area contributed by atoms with Crippen LogP contribution in [0.15, 0.2) is 60.1 Å². The molecule has 0 amide bonds. The van der Waals surface area contributed by atoms with Gasteiger partial charge in [0.1, 0.15) is 0 Å². The third-order valence-electron chi connectivity index (χ3n) is 6.43. The van der Waals surface area contributed by atoms with E-state index in [1.54, 1.807) is 30.5 Å². The van der Waals surface area contributed by atoms with E-state index >= 15 is 0 Å². The van der Waals surface area contributed by atoms with Gasteiger partial charge in [-0.05, 0) is 66.7 Å². The van der Waals surface area contributed by atoms with Crippen molar-refractivity contribution in [3.8, 4) is 0 Å². The Morgan fingerprint density at radius 1 is 1.20 bits per heavy atom. The Hall–Kier alpha value is -1.81. The van der Waals surface area contributed by atoms with E-state index in [4.69, 9.17) is 0 Å². The van der Waals surface area contributed by atoms with Crippen molar-refractivity contribution in [2.24, 2.45) is 11.8 Å². The summed E-state index contributed by atoms with van der Waals surface area (Å²) < 4.78 is 27.7. The van der Waals surface area contributed by atoms with Gasteiger partial charge in [0.05, 0.1) is 4.90 Å². The predicted octanol–water partition coefficient (Wildman–Crippen LogP) is 4.53. The van der Waals surface area contributed by atoms with Crippen molar-refractivity contribution < 1.29 is 8.42 Å². The van der Waals surface area contributed by atoms with Crippen LogP contribution in [0.25, 0.3) is 0 Å². The molecule has 0 saturated heterocycles. The van der Waals surface area contributed by atoms with Crippen molar-refractivity contribution in [2.75, 3.05) is 0 Å². The van der Waals surface area contributed by atoms with E-state index < -0.39 is 10.0 Å². The lowest BCUT2D eigenvalue weighted by Crippen LogP contribution is -2.43. The SMILES string of the molecule is C=C[C@@H]1CCC[C@]2(C)c3ccn(S(=O)(=O)c4ccccc4)c3CC[C@@H]12. The fourth-order valence-electron chi connectivity index (χ4n) is 5.15.